The van der Waals surface area contributed by atoms with E-state index in [0.717, 1.165) is 45.4 Å². The van der Waals surface area contributed by atoms with E-state index in [-0.39, 0.29) is 12.0 Å². The third kappa shape index (κ3) is 5.43. The Kier molecular flexibility index (Phi) is 6.87. The summed E-state index contributed by atoms with van der Waals surface area (Å²) in [5.41, 5.74) is 8.06. The SMILES string of the molecule is Cc1ccc(CCN(CC2CCCO2)C(=O)CCCN)cc1. The molecule has 1 amide bonds. The summed E-state index contributed by atoms with van der Waals surface area (Å²) in [6.07, 6.45) is 4.56. The summed E-state index contributed by atoms with van der Waals surface area (Å²) in [7, 11) is 0. The molecule has 1 heterocycles. The second-order valence-corrected chi connectivity index (χ2v) is 6.10. The summed E-state index contributed by atoms with van der Waals surface area (Å²) in [5, 5.41) is 0. The van der Waals surface area contributed by atoms with Gasteiger partial charge < -0.3 is 15.4 Å². The standard InChI is InChI=1S/C18H28N2O2/c1-15-6-8-16(9-7-15)10-12-20(18(21)5-2-11-19)14-17-4-3-13-22-17/h6-9,17H,2-5,10-14,19H2,1H3. The predicted octanol–water partition coefficient (Wildman–Crippen LogP) is 2.28. The van der Waals surface area contributed by atoms with E-state index < -0.39 is 0 Å². The fourth-order valence-electron chi connectivity index (χ4n) is 2.78. The molecule has 0 radical (unpaired) electrons. The fourth-order valence-corrected chi connectivity index (χ4v) is 2.78. The molecule has 1 fully saturated rings. The van der Waals surface area contributed by atoms with Crippen molar-refractivity contribution >= 4 is 5.91 Å². The van der Waals surface area contributed by atoms with Gasteiger partial charge in [-0.15, -0.1) is 0 Å². The summed E-state index contributed by atoms with van der Waals surface area (Å²) in [6, 6.07) is 8.53. The van der Waals surface area contributed by atoms with Gasteiger partial charge in [-0.2, -0.15) is 0 Å². The molecule has 1 saturated heterocycles. The number of rotatable bonds is 8. The zero-order valence-corrected chi connectivity index (χ0v) is 13.6. The molecule has 0 aromatic heterocycles. The monoisotopic (exact) mass is 304 g/mol. The highest BCUT2D eigenvalue weighted by molar-refractivity contribution is 5.76. The Balaban J connectivity index is 1.90. The van der Waals surface area contributed by atoms with Crippen LogP contribution in [0.3, 0.4) is 0 Å². The molecule has 2 N–H and O–H groups in total. The lowest BCUT2D eigenvalue weighted by Crippen LogP contribution is -2.38. The van der Waals surface area contributed by atoms with Gasteiger partial charge in [0.25, 0.3) is 0 Å². The highest BCUT2D eigenvalue weighted by atomic mass is 16.5. The maximum Gasteiger partial charge on any atom is 0.222 e. The summed E-state index contributed by atoms with van der Waals surface area (Å²) < 4.78 is 5.69. The maximum atomic E-state index is 12.4. The molecule has 1 unspecified atom stereocenters. The molecule has 0 saturated carbocycles. The first kappa shape index (κ1) is 17.0. The second kappa shape index (κ2) is 8.91. The first-order chi connectivity index (χ1) is 10.7. The van der Waals surface area contributed by atoms with E-state index in [4.69, 9.17) is 10.5 Å². The number of ether oxygens (including phenoxy) is 1. The molecule has 0 bridgehead atoms. The average Bonchev–Trinajstić information content (AvgIpc) is 3.03. The fraction of sp³-hybridized carbons (Fsp3) is 0.611. The van der Waals surface area contributed by atoms with E-state index in [1.54, 1.807) is 0 Å². The highest BCUT2D eigenvalue weighted by Gasteiger charge is 2.22. The van der Waals surface area contributed by atoms with Gasteiger partial charge in [-0.1, -0.05) is 29.8 Å². The number of aryl methyl sites for hydroxylation is 1. The van der Waals surface area contributed by atoms with Crippen LogP contribution in [-0.4, -0.2) is 43.2 Å². The van der Waals surface area contributed by atoms with Crippen LogP contribution in [0.4, 0.5) is 0 Å². The number of hydrogen-bond donors (Lipinski definition) is 1. The van der Waals surface area contributed by atoms with Crippen LogP contribution >= 0.6 is 0 Å². The molecule has 22 heavy (non-hydrogen) atoms. The van der Waals surface area contributed by atoms with Crippen molar-refractivity contribution in [3.05, 3.63) is 35.4 Å². The van der Waals surface area contributed by atoms with E-state index in [1.807, 2.05) is 4.90 Å². The molecule has 4 heteroatoms. The molecule has 1 aromatic rings. The Morgan fingerprint density at radius 3 is 2.77 bits per heavy atom. The third-order valence-corrected chi connectivity index (χ3v) is 4.19. The van der Waals surface area contributed by atoms with Crippen LogP contribution in [0.25, 0.3) is 0 Å². The molecule has 0 aliphatic carbocycles. The molecule has 4 nitrogen and oxygen atoms in total. The van der Waals surface area contributed by atoms with Gasteiger partial charge >= 0.3 is 0 Å². The molecular weight excluding hydrogens is 276 g/mol. The number of nitrogens with zero attached hydrogens (tertiary/aromatic N) is 1. The van der Waals surface area contributed by atoms with Crippen molar-refractivity contribution in [3.63, 3.8) is 0 Å². The van der Waals surface area contributed by atoms with Gasteiger partial charge in [-0.3, -0.25) is 4.79 Å². The topological polar surface area (TPSA) is 55.6 Å². The average molecular weight is 304 g/mol. The largest absolute Gasteiger partial charge is 0.376 e. The van der Waals surface area contributed by atoms with E-state index in [1.165, 1.54) is 11.1 Å². The lowest BCUT2D eigenvalue weighted by Gasteiger charge is -2.25. The van der Waals surface area contributed by atoms with Gasteiger partial charge in [0, 0.05) is 26.1 Å². The summed E-state index contributed by atoms with van der Waals surface area (Å²) in [6.45, 7) is 4.95. The molecule has 1 aromatic carbocycles. The molecule has 1 aliphatic rings. The maximum absolute atomic E-state index is 12.4. The number of nitrogens with two attached hydrogens (primary N) is 1. The van der Waals surface area contributed by atoms with Crippen LogP contribution in [0.1, 0.15) is 36.8 Å². The van der Waals surface area contributed by atoms with Gasteiger partial charge in [0.2, 0.25) is 5.91 Å². The van der Waals surface area contributed by atoms with Crippen LogP contribution in [0, 0.1) is 6.92 Å². The first-order valence-corrected chi connectivity index (χ1v) is 8.34. The van der Waals surface area contributed by atoms with Gasteiger partial charge in [-0.25, -0.2) is 0 Å². The van der Waals surface area contributed by atoms with Gasteiger partial charge in [0.15, 0.2) is 0 Å². The van der Waals surface area contributed by atoms with Crippen molar-refractivity contribution in [1.82, 2.24) is 4.90 Å². The molecule has 2 rings (SSSR count). The normalized spacial score (nSPS) is 17.6. The highest BCUT2D eigenvalue weighted by Crippen LogP contribution is 2.15. The van der Waals surface area contributed by atoms with Crippen molar-refractivity contribution in [2.75, 3.05) is 26.2 Å². The van der Waals surface area contributed by atoms with E-state index in [2.05, 4.69) is 31.2 Å². The number of carbonyl (C=O) groups is 1. The Hall–Kier alpha value is -1.39. The van der Waals surface area contributed by atoms with Gasteiger partial charge in [0.1, 0.15) is 0 Å². The smallest absolute Gasteiger partial charge is 0.222 e. The summed E-state index contributed by atoms with van der Waals surface area (Å²) in [4.78, 5) is 14.3. The Morgan fingerprint density at radius 1 is 1.36 bits per heavy atom. The van der Waals surface area contributed by atoms with Gasteiger partial charge in [0.05, 0.1) is 6.10 Å². The summed E-state index contributed by atoms with van der Waals surface area (Å²) >= 11 is 0. The molecule has 1 atom stereocenters. The minimum absolute atomic E-state index is 0.202. The number of hydrogen-bond acceptors (Lipinski definition) is 3. The Bertz CT molecular complexity index is 453. The lowest BCUT2D eigenvalue weighted by molar-refractivity contribution is -0.132. The number of carbonyl (C=O) groups excluding carboxylic acids is 1. The van der Waals surface area contributed by atoms with Crippen LogP contribution in [0.5, 0.6) is 0 Å². The number of benzene rings is 1. The summed E-state index contributed by atoms with van der Waals surface area (Å²) in [5.74, 6) is 0.202. The number of amides is 1. The van der Waals surface area contributed by atoms with Crippen molar-refractivity contribution in [2.24, 2.45) is 5.73 Å². The van der Waals surface area contributed by atoms with E-state index >= 15 is 0 Å². The van der Waals surface area contributed by atoms with Crippen molar-refractivity contribution in [2.45, 2.75) is 45.1 Å². The van der Waals surface area contributed by atoms with Crippen molar-refractivity contribution in [3.8, 4) is 0 Å². The lowest BCUT2D eigenvalue weighted by atomic mass is 10.1. The van der Waals surface area contributed by atoms with Gasteiger partial charge in [-0.05, 0) is 44.7 Å². The zero-order valence-electron chi connectivity index (χ0n) is 13.6. The molecule has 1 aliphatic heterocycles. The second-order valence-electron chi connectivity index (χ2n) is 6.10. The van der Waals surface area contributed by atoms with Crippen LogP contribution < -0.4 is 5.73 Å². The van der Waals surface area contributed by atoms with Crippen molar-refractivity contribution < 1.29 is 9.53 Å². The van der Waals surface area contributed by atoms with Crippen LogP contribution in [0.2, 0.25) is 0 Å². The van der Waals surface area contributed by atoms with Crippen LogP contribution in [-0.2, 0) is 16.0 Å². The minimum Gasteiger partial charge on any atom is -0.376 e. The third-order valence-electron chi connectivity index (χ3n) is 4.19. The van der Waals surface area contributed by atoms with Crippen LogP contribution in [0.15, 0.2) is 24.3 Å². The van der Waals surface area contributed by atoms with Crippen molar-refractivity contribution in [1.29, 1.82) is 0 Å². The van der Waals surface area contributed by atoms with E-state index in [0.29, 0.717) is 13.0 Å². The molecule has 122 valence electrons. The molecule has 0 spiro atoms. The first-order valence-electron chi connectivity index (χ1n) is 8.34. The predicted molar refractivity (Wildman–Crippen MR) is 88.7 cm³/mol. The quantitative estimate of drug-likeness (QED) is 0.801. The van der Waals surface area contributed by atoms with E-state index in [9.17, 15) is 4.79 Å². The zero-order chi connectivity index (χ0) is 15.8. The Labute approximate surface area is 133 Å². The molecular formula is C18H28N2O2. The Morgan fingerprint density at radius 2 is 2.14 bits per heavy atom. The minimum atomic E-state index is 0.202.